The van der Waals surface area contributed by atoms with E-state index in [4.69, 9.17) is 0 Å². The lowest BCUT2D eigenvalue weighted by Crippen LogP contribution is -2.39. The van der Waals surface area contributed by atoms with Crippen molar-refractivity contribution in [3.8, 4) is 0 Å². The highest BCUT2D eigenvalue weighted by Crippen LogP contribution is 2.34. The molecule has 0 aliphatic heterocycles. The first-order valence-electron chi connectivity index (χ1n) is 6.94. The van der Waals surface area contributed by atoms with Gasteiger partial charge in [-0.25, -0.2) is 0 Å². The number of hydrogen-bond acceptors (Lipinski definition) is 3. The number of unbranched alkanes of at least 4 members (excludes halogenated alkanes) is 2. The lowest BCUT2D eigenvalue weighted by molar-refractivity contribution is -0.142. The molecule has 0 unspecified atom stereocenters. The summed E-state index contributed by atoms with van der Waals surface area (Å²) in [4.78, 5) is 35.4. The van der Waals surface area contributed by atoms with Gasteiger partial charge in [0, 0.05) is 0 Å². The van der Waals surface area contributed by atoms with Crippen molar-refractivity contribution in [3.63, 3.8) is 0 Å². The topological polar surface area (TPSA) is 51.2 Å². The standard InChI is InChI=1S/C15H26O3/c1-5-7-9-15(13(4)17,10-8-6-2)14(18)11-12(3)16/h5-11H2,1-4H3. The van der Waals surface area contributed by atoms with E-state index in [9.17, 15) is 14.4 Å². The molecule has 0 aromatic rings. The first kappa shape index (κ1) is 17.0. The quantitative estimate of drug-likeness (QED) is 0.561. The fourth-order valence-corrected chi connectivity index (χ4v) is 2.30. The van der Waals surface area contributed by atoms with Gasteiger partial charge >= 0.3 is 0 Å². The van der Waals surface area contributed by atoms with Crippen molar-refractivity contribution >= 4 is 17.3 Å². The van der Waals surface area contributed by atoms with Crippen LogP contribution in [0.4, 0.5) is 0 Å². The molecule has 0 atom stereocenters. The van der Waals surface area contributed by atoms with Crippen molar-refractivity contribution in [1.29, 1.82) is 0 Å². The van der Waals surface area contributed by atoms with E-state index in [0.717, 1.165) is 25.7 Å². The van der Waals surface area contributed by atoms with Crippen LogP contribution in [-0.4, -0.2) is 17.3 Å². The summed E-state index contributed by atoms with van der Waals surface area (Å²) in [6, 6.07) is 0. The summed E-state index contributed by atoms with van der Waals surface area (Å²) in [6.07, 6.45) is 4.69. The third kappa shape index (κ3) is 4.71. The van der Waals surface area contributed by atoms with Gasteiger partial charge in [-0.05, 0) is 26.7 Å². The van der Waals surface area contributed by atoms with E-state index in [-0.39, 0.29) is 23.8 Å². The average Bonchev–Trinajstić information content (AvgIpc) is 2.28. The molecule has 0 heterocycles. The zero-order valence-corrected chi connectivity index (χ0v) is 12.2. The maximum absolute atomic E-state index is 12.3. The molecule has 0 rings (SSSR count). The molecule has 0 aliphatic carbocycles. The minimum atomic E-state index is -0.905. The smallest absolute Gasteiger partial charge is 0.153 e. The van der Waals surface area contributed by atoms with Crippen LogP contribution in [0.15, 0.2) is 0 Å². The fourth-order valence-electron chi connectivity index (χ4n) is 2.30. The molecule has 0 amide bonds. The summed E-state index contributed by atoms with van der Waals surface area (Å²) in [5, 5.41) is 0. The van der Waals surface area contributed by atoms with E-state index in [2.05, 4.69) is 0 Å². The van der Waals surface area contributed by atoms with Crippen LogP contribution < -0.4 is 0 Å². The Morgan fingerprint density at radius 1 is 0.889 bits per heavy atom. The van der Waals surface area contributed by atoms with Crippen molar-refractivity contribution in [2.75, 3.05) is 0 Å². The molecule has 0 aromatic heterocycles. The Labute approximate surface area is 110 Å². The Kier molecular flexibility index (Phi) is 7.72. The van der Waals surface area contributed by atoms with E-state index in [1.165, 1.54) is 13.8 Å². The van der Waals surface area contributed by atoms with Crippen LogP contribution in [0.3, 0.4) is 0 Å². The second kappa shape index (κ2) is 8.17. The van der Waals surface area contributed by atoms with Gasteiger partial charge in [-0.2, -0.15) is 0 Å². The predicted octanol–water partition coefficient (Wildman–Crippen LogP) is 3.49. The number of ketones is 3. The summed E-state index contributed by atoms with van der Waals surface area (Å²) in [6.45, 7) is 6.98. The lowest BCUT2D eigenvalue weighted by Gasteiger charge is -2.29. The molecule has 0 spiro atoms. The average molecular weight is 254 g/mol. The molecule has 0 N–H and O–H groups in total. The van der Waals surface area contributed by atoms with Gasteiger partial charge < -0.3 is 0 Å². The number of rotatable bonds is 10. The zero-order chi connectivity index (χ0) is 14.2. The maximum Gasteiger partial charge on any atom is 0.153 e. The number of carbonyl (C=O) groups excluding carboxylic acids is 3. The van der Waals surface area contributed by atoms with Gasteiger partial charge in [-0.3, -0.25) is 14.4 Å². The predicted molar refractivity (Wildman–Crippen MR) is 72.5 cm³/mol. The van der Waals surface area contributed by atoms with E-state index in [1.807, 2.05) is 13.8 Å². The molecule has 0 saturated heterocycles. The molecule has 18 heavy (non-hydrogen) atoms. The van der Waals surface area contributed by atoms with Crippen LogP contribution in [0.2, 0.25) is 0 Å². The van der Waals surface area contributed by atoms with Gasteiger partial charge in [0.25, 0.3) is 0 Å². The maximum atomic E-state index is 12.3. The van der Waals surface area contributed by atoms with E-state index in [0.29, 0.717) is 12.8 Å². The molecule has 0 bridgehead atoms. The highest BCUT2D eigenvalue weighted by molar-refractivity contribution is 6.11. The van der Waals surface area contributed by atoms with Crippen LogP contribution in [0, 0.1) is 5.41 Å². The summed E-state index contributed by atoms with van der Waals surface area (Å²) < 4.78 is 0. The minimum absolute atomic E-state index is 0.0735. The van der Waals surface area contributed by atoms with Gasteiger partial charge in [0.2, 0.25) is 0 Å². The Morgan fingerprint density at radius 2 is 1.33 bits per heavy atom. The third-order valence-electron chi connectivity index (χ3n) is 3.53. The van der Waals surface area contributed by atoms with Crippen molar-refractivity contribution in [1.82, 2.24) is 0 Å². The lowest BCUT2D eigenvalue weighted by atomic mass is 9.70. The Hall–Kier alpha value is -0.990. The van der Waals surface area contributed by atoms with Gasteiger partial charge in [-0.15, -0.1) is 0 Å². The third-order valence-corrected chi connectivity index (χ3v) is 3.53. The number of hydrogen-bond donors (Lipinski definition) is 0. The van der Waals surface area contributed by atoms with Crippen LogP contribution in [0.5, 0.6) is 0 Å². The highest BCUT2D eigenvalue weighted by Gasteiger charge is 2.41. The second-order valence-corrected chi connectivity index (χ2v) is 5.15. The molecule has 0 saturated carbocycles. The molecule has 104 valence electrons. The normalized spacial score (nSPS) is 11.3. The minimum Gasteiger partial charge on any atom is -0.300 e. The molecular formula is C15H26O3. The van der Waals surface area contributed by atoms with Gasteiger partial charge in [0.1, 0.15) is 11.6 Å². The van der Waals surface area contributed by atoms with Crippen molar-refractivity contribution in [2.45, 2.75) is 72.6 Å². The highest BCUT2D eigenvalue weighted by atomic mass is 16.2. The summed E-state index contributed by atoms with van der Waals surface area (Å²) in [7, 11) is 0. The Bertz CT molecular complexity index is 297. The summed E-state index contributed by atoms with van der Waals surface area (Å²) >= 11 is 0. The van der Waals surface area contributed by atoms with Crippen LogP contribution in [-0.2, 0) is 14.4 Å². The number of carbonyl (C=O) groups is 3. The monoisotopic (exact) mass is 254 g/mol. The Balaban J connectivity index is 5.09. The summed E-state index contributed by atoms with van der Waals surface area (Å²) in [5.74, 6) is -0.404. The van der Waals surface area contributed by atoms with Crippen LogP contribution in [0.1, 0.15) is 72.6 Å². The first-order valence-corrected chi connectivity index (χ1v) is 6.94. The van der Waals surface area contributed by atoms with Crippen molar-refractivity contribution < 1.29 is 14.4 Å². The molecule has 0 fully saturated rings. The molecule has 3 nitrogen and oxygen atoms in total. The zero-order valence-electron chi connectivity index (χ0n) is 12.2. The molecule has 0 aromatic carbocycles. The largest absolute Gasteiger partial charge is 0.300 e. The Morgan fingerprint density at radius 3 is 1.61 bits per heavy atom. The summed E-state index contributed by atoms with van der Waals surface area (Å²) in [5.41, 5.74) is -0.905. The molecular weight excluding hydrogens is 228 g/mol. The molecule has 0 aliphatic rings. The number of Topliss-reactive ketones (excluding diaryl/α,β-unsaturated/α-hetero) is 3. The van der Waals surface area contributed by atoms with Crippen LogP contribution >= 0.6 is 0 Å². The van der Waals surface area contributed by atoms with Crippen molar-refractivity contribution in [2.24, 2.45) is 5.41 Å². The molecule has 3 heteroatoms. The van der Waals surface area contributed by atoms with Gasteiger partial charge in [0.15, 0.2) is 5.78 Å². The van der Waals surface area contributed by atoms with Gasteiger partial charge in [0.05, 0.1) is 11.8 Å². The SMILES string of the molecule is CCCCC(CCCC)(C(C)=O)C(=O)CC(C)=O. The van der Waals surface area contributed by atoms with Crippen LogP contribution in [0.25, 0.3) is 0 Å². The molecule has 0 radical (unpaired) electrons. The van der Waals surface area contributed by atoms with Gasteiger partial charge in [-0.1, -0.05) is 39.5 Å². The second-order valence-electron chi connectivity index (χ2n) is 5.15. The van der Waals surface area contributed by atoms with E-state index in [1.54, 1.807) is 0 Å². The van der Waals surface area contributed by atoms with Crippen molar-refractivity contribution in [3.05, 3.63) is 0 Å². The first-order chi connectivity index (χ1) is 8.40. The fraction of sp³-hybridized carbons (Fsp3) is 0.800. The van der Waals surface area contributed by atoms with E-state index >= 15 is 0 Å². The van der Waals surface area contributed by atoms with E-state index < -0.39 is 5.41 Å².